The quantitative estimate of drug-likeness (QED) is 0.0760. The minimum Gasteiger partial charge on any atom is -0.615 e. The molecular weight excluding hydrogens is 536 g/mol. The number of azide groups is 1. The molecule has 0 aromatic carbocycles. The second kappa shape index (κ2) is 14.3. The second-order valence-corrected chi connectivity index (χ2v) is 14.1. The van der Waals surface area contributed by atoms with Gasteiger partial charge in [0.25, 0.3) is 0 Å². The van der Waals surface area contributed by atoms with Crippen LogP contribution in [0.4, 0.5) is 0 Å². The van der Waals surface area contributed by atoms with E-state index in [1.165, 1.54) is 0 Å². The largest absolute Gasteiger partial charge is 0.615 e. The van der Waals surface area contributed by atoms with Crippen molar-refractivity contribution in [2.24, 2.45) is 16.0 Å². The summed E-state index contributed by atoms with van der Waals surface area (Å²) in [5.41, 5.74) is 8.88. The van der Waals surface area contributed by atoms with Crippen LogP contribution in [0.5, 0.6) is 0 Å². The maximum Gasteiger partial charge on any atom is 0.336 e. The van der Waals surface area contributed by atoms with E-state index in [1.54, 1.807) is 0 Å². The lowest BCUT2D eigenvalue weighted by atomic mass is 9.79. The third-order valence-electron chi connectivity index (χ3n) is 9.13. The normalized spacial score (nSPS) is 31.1. The number of rotatable bonds is 13. The molecular formula is C28H44N4O7S. The van der Waals surface area contributed by atoms with Gasteiger partial charge in [-0.15, -0.1) is 4.21 Å². The van der Waals surface area contributed by atoms with Crippen molar-refractivity contribution in [3.8, 4) is 0 Å². The summed E-state index contributed by atoms with van der Waals surface area (Å²) >= 11 is 0. The van der Waals surface area contributed by atoms with Crippen LogP contribution in [0, 0.1) is 5.92 Å². The van der Waals surface area contributed by atoms with Crippen LogP contribution in [0.1, 0.15) is 96.3 Å². The van der Waals surface area contributed by atoms with E-state index in [-0.39, 0.29) is 37.3 Å². The van der Waals surface area contributed by atoms with Crippen molar-refractivity contribution in [1.82, 2.24) is 0 Å². The lowest BCUT2D eigenvalue weighted by molar-refractivity contribution is -0.145. The molecule has 0 spiro atoms. The number of sulfone groups is 1. The van der Waals surface area contributed by atoms with E-state index < -0.39 is 33.1 Å². The maximum absolute atomic E-state index is 13.3. The highest BCUT2D eigenvalue weighted by Crippen LogP contribution is 2.44. The van der Waals surface area contributed by atoms with Gasteiger partial charge in [0.1, 0.15) is 11.0 Å². The summed E-state index contributed by atoms with van der Waals surface area (Å²) in [5.74, 6) is -1.09. The lowest BCUT2D eigenvalue weighted by Crippen LogP contribution is -2.49. The van der Waals surface area contributed by atoms with E-state index in [1.807, 2.05) is 0 Å². The molecule has 0 aromatic heterocycles. The molecule has 224 valence electrons. The summed E-state index contributed by atoms with van der Waals surface area (Å²) in [4.78, 5) is 20.8. The van der Waals surface area contributed by atoms with Crippen LogP contribution in [0.15, 0.2) is 21.3 Å². The van der Waals surface area contributed by atoms with Crippen LogP contribution in [-0.2, 0) is 28.7 Å². The van der Waals surface area contributed by atoms with Crippen LogP contribution in [0.25, 0.3) is 10.4 Å². The van der Waals surface area contributed by atoms with Gasteiger partial charge in [0.05, 0.1) is 6.10 Å². The zero-order valence-electron chi connectivity index (χ0n) is 23.4. The zero-order chi connectivity index (χ0) is 28.6. The van der Waals surface area contributed by atoms with Gasteiger partial charge in [-0.1, -0.05) is 17.1 Å². The van der Waals surface area contributed by atoms with Crippen molar-refractivity contribution in [1.29, 1.82) is 0 Å². The van der Waals surface area contributed by atoms with Crippen LogP contribution in [0.3, 0.4) is 0 Å². The number of hydrogen-bond donors (Lipinski definition) is 2. The summed E-state index contributed by atoms with van der Waals surface area (Å²) in [6.45, 7) is 0.741. The first-order chi connectivity index (χ1) is 19.3. The second-order valence-electron chi connectivity index (χ2n) is 11.7. The minimum atomic E-state index is -3.49. The number of aliphatic hydroxyl groups excluding tert-OH is 1. The molecule has 1 heterocycles. The molecule has 0 radical (unpaired) electrons. The third-order valence-corrected chi connectivity index (χ3v) is 11.4. The van der Waals surface area contributed by atoms with Crippen molar-refractivity contribution in [3.63, 3.8) is 0 Å². The number of carbonyl (C=O) groups is 1. The third kappa shape index (κ3) is 7.26. The van der Waals surface area contributed by atoms with Gasteiger partial charge < -0.3 is 24.2 Å². The molecule has 3 aliphatic carbocycles. The van der Waals surface area contributed by atoms with Crippen molar-refractivity contribution >= 4 is 22.1 Å². The number of carboxylic acids is 1. The Morgan fingerprint density at radius 1 is 1.15 bits per heavy atom. The maximum atomic E-state index is 13.3. The molecule has 2 fully saturated rings. The van der Waals surface area contributed by atoms with Crippen LogP contribution < -0.4 is 0 Å². The molecule has 4 rings (SSSR count). The van der Waals surface area contributed by atoms with Crippen LogP contribution >= 0.6 is 0 Å². The summed E-state index contributed by atoms with van der Waals surface area (Å²) in [6.07, 6.45) is 9.77. The number of ether oxygens (including phenoxy) is 2. The van der Waals surface area contributed by atoms with E-state index in [0.29, 0.717) is 44.6 Å². The summed E-state index contributed by atoms with van der Waals surface area (Å²) < 4.78 is 39.0. The number of carboxylic acid groups (broad SMARTS) is 1. The number of hydrogen-bond acceptors (Lipinski definition) is 8. The van der Waals surface area contributed by atoms with Crippen LogP contribution in [0.2, 0.25) is 0 Å². The summed E-state index contributed by atoms with van der Waals surface area (Å²) in [6, 6.07) is 0. The Bertz CT molecular complexity index is 1050. The van der Waals surface area contributed by atoms with Crippen molar-refractivity contribution in [2.45, 2.75) is 119 Å². The van der Waals surface area contributed by atoms with Gasteiger partial charge in [-0.05, 0) is 94.6 Å². The Kier molecular flexibility index (Phi) is 11.0. The molecule has 1 unspecified atom stereocenters. The van der Waals surface area contributed by atoms with E-state index in [9.17, 15) is 18.7 Å². The molecule has 2 saturated carbocycles. The highest BCUT2D eigenvalue weighted by molar-refractivity contribution is 7.98. The molecule has 11 nitrogen and oxygen atoms in total. The minimum absolute atomic E-state index is 0.0684. The fourth-order valence-corrected chi connectivity index (χ4v) is 8.77. The molecule has 1 aliphatic heterocycles. The first-order valence-corrected chi connectivity index (χ1v) is 16.7. The highest BCUT2D eigenvalue weighted by Gasteiger charge is 2.56. The van der Waals surface area contributed by atoms with Gasteiger partial charge in [-0.2, -0.15) is 0 Å². The van der Waals surface area contributed by atoms with Crippen LogP contribution in [-0.4, -0.2) is 75.1 Å². The predicted molar refractivity (Wildman–Crippen MR) is 151 cm³/mol. The van der Waals surface area contributed by atoms with E-state index in [2.05, 4.69) is 10.0 Å². The Hall–Kier alpha value is -1.98. The molecule has 0 aromatic rings. The van der Waals surface area contributed by atoms with Crippen molar-refractivity contribution in [2.75, 3.05) is 25.5 Å². The van der Waals surface area contributed by atoms with E-state index in [4.69, 9.17) is 25.1 Å². The first-order valence-electron chi connectivity index (χ1n) is 15.0. The molecule has 4 aliphatic rings. The zero-order valence-corrected chi connectivity index (χ0v) is 24.2. The topological polar surface area (TPSA) is 177 Å². The fraction of sp³-hybridized carbons (Fsp3) is 0.857. The molecule has 0 saturated heterocycles. The number of nitrogens with zero attached hydrogens (tertiary/aromatic N) is 4. The average molecular weight is 581 g/mol. The molecule has 3 atom stereocenters. The van der Waals surface area contributed by atoms with Gasteiger partial charge in [0.15, 0.2) is 12.0 Å². The van der Waals surface area contributed by atoms with Gasteiger partial charge in [-0.25, -0.2) is 9.79 Å². The molecule has 2 N–H and O–H groups in total. The predicted octanol–water partition coefficient (Wildman–Crippen LogP) is 5.10. The monoisotopic (exact) mass is 580 g/mol. The Morgan fingerprint density at radius 2 is 1.88 bits per heavy atom. The lowest BCUT2D eigenvalue weighted by Gasteiger charge is -2.34. The van der Waals surface area contributed by atoms with Gasteiger partial charge >= 0.3 is 5.97 Å². The number of aliphatic imine (C=N–C) groups is 1. The summed E-state index contributed by atoms with van der Waals surface area (Å²) in [7, 11) is -3.49. The molecule has 12 heteroatoms. The number of aliphatic carboxylic acids is 1. The van der Waals surface area contributed by atoms with Crippen molar-refractivity contribution < 1.29 is 33.2 Å². The molecule has 40 heavy (non-hydrogen) atoms. The van der Waals surface area contributed by atoms with Gasteiger partial charge in [-0.3, -0.25) is 0 Å². The Morgan fingerprint density at radius 3 is 2.55 bits per heavy atom. The average Bonchev–Trinajstić information content (AvgIpc) is 3.37. The highest BCUT2D eigenvalue weighted by atomic mass is 32.3. The van der Waals surface area contributed by atoms with E-state index >= 15 is 0 Å². The molecule has 0 bridgehead atoms. The van der Waals surface area contributed by atoms with Gasteiger partial charge in [0.2, 0.25) is 5.54 Å². The fourth-order valence-electron chi connectivity index (χ4n) is 6.79. The van der Waals surface area contributed by atoms with Gasteiger partial charge in [0, 0.05) is 47.2 Å². The first kappa shape index (κ1) is 31.0. The standard InChI is InChI=1S/C28H44N4O7S/c29-32-30-19-21-7-4-5-10-24(21)25-28(27(34)35,15-18-40(36,37)23-8-2-1-3-9-23)31-26(39-25)20-11-13-22(14-12-20)38-17-6-16-33/h20,22-23,25,33H,1-19H2,(H-,34,35,36,37)/t20?,22?,25-,28-/m0/s1. The smallest absolute Gasteiger partial charge is 0.336 e. The number of aliphatic hydroxyl groups is 1. The van der Waals surface area contributed by atoms with E-state index in [0.717, 1.165) is 68.9 Å². The van der Waals surface area contributed by atoms with Crippen molar-refractivity contribution in [3.05, 3.63) is 21.6 Å². The molecule has 0 amide bonds. The summed E-state index contributed by atoms with van der Waals surface area (Å²) in [5, 5.41) is 23.0. The Balaban J connectivity index is 1.61. The Labute approximate surface area is 237 Å². The SMILES string of the molecule is [N-]=[N+]=NCC1=C([C@@H]2OC(C3CCC(OCCCO)CC3)=N[C@]2(CC[S+](=O)([O-])C2CCCCC2)C(=O)O)CCCC1.